The number of rotatable bonds is 5. The number of allylic oxidation sites excluding steroid dienone is 3. The highest BCUT2D eigenvalue weighted by Gasteiger charge is 2.44. The highest BCUT2D eigenvalue weighted by atomic mass is 35.5. The maximum atomic E-state index is 14.7. The summed E-state index contributed by atoms with van der Waals surface area (Å²) in [6.07, 6.45) is 10.7. The zero-order chi connectivity index (χ0) is 19.7. The number of nitrogens with one attached hydrogen (secondary N) is 2. The molecule has 0 radical (unpaired) electrons. The summed E-state index contributed by atoms with van der Waals surface area (Å²) in [5, 5.41) is 15.5. The molecular formula is C21H24ClFN2O3. The van der Waals surface area contributed by atoms with Crippen molar-refractivity contribution in [3.63, 3.8) is 0 Å². The molecule has 0 saturated carbocycles. The van der Waals surface area contributed by atoms with Crippen LogP contribution in [0.4, 0.5) is 10.1 Å². The number of carboxylic acid groups (broad SMARTS) is 1. The number of aliphatic carboxylic acids is 1. The first-order chi connectivity index (χ1) is 13.5. The van der Waals surface area contributed by atoms with Crippen LogP contribution in [0.3, 0.4) is 0 Å². The minimum absolute atomic E-state index is 0.0716. The fourth-order valence-corrected chi connectivity index (χ4v) is 4.82. The molecule has 1 aliphatic carbocycles. The maximum Gasteiger partial charge on any atom is 0.317 e. The molecule has 1 aromatic carbocycles. The van der Waals surface area contributed by atoms with Gasteiger partial charge in [-0.2, -0.15) is 0 Å². The highest BCUT2D eigenvalue weighted by Crippen LogP contribution is 2.49. The summed E-state index contributed by atoms with van der Waals surface area (Å²) in [5.74, 6) is -0.795. The largest absolute Gasteiger partial charge is 0.480 e. The Morgan fingerprint density at radius 1 is 1.36 bits per heavy atom. The van der Waals surface area contributed by atoms with Gasteiger partial charge < -0.3 is 20.5 Å². The van der Waals surface area contributed by atoms with Crippen molar-refractivity contribution in [2.24, 2.45) is 11.8 Å². The van der Waals surface area contributed by atoms with E-state index in [1.807, 2.05) is 12.2 Å². The highest BCUT2D eigenvalue weighted by molar-refractivity contribution is 6.30. The molecule has 28 heavy (non-hydrogen) atoms. The van der Waals surface area contributed by atoms with Crippen LogP contribution in [-0.4, -0.2) is 36.3 Å². The second-order valence-electron chi connectivity index (χ2n) is 7.68. The monoisotopic (exact) mass is 406 g/mol. The number of carboxylic acids is 1. The summed E-state index contributed by atoms with van der Waals surface area (Å²) in [6.45, 7) is 0.354. The van der Waals surface area contributed by atoms with Crippen molar-refractivity contribution in [1.29, 1.82) is 0 Å². The molecule has 1 saturated heterocycles. The quantitative estimate of drug-likeness (QED) is 0.691. The molecular weight excluding hydrogens is 383 g/mol. The van der Waals surface area contributed by atoms with E-state index in [0.717, 1.165) is 24.8 Å². The van der Waals surface area contributed by atoms with Crippen LogP contribution < -0.4 is 10.6 Å². The van der Waals surface area contributed by atoms with Crippen LogP contribution in [0.15, 0.2) is 36.4 Å². The number of fused-ring (bicyclic) bond motifs is 3. The fraction of sp³-hybridized carbons (Fsp3) is 0.476. The molecule has 7 heteroatoms. The number of anilines is 1. The minimum atomic E-state index is -0.896. The molecule has 4 rings (SSSR count). The molecule has 1 unspecified atom stereocenters. The Labute approximate surface area is 168 Å². The average molecular weight is 407 g/mol. The van der Waals surface area contributed by atoms with Gasteiger partial charge in [-0.25, -0.2) is 4.39 Å². The van der Waals surface area contributed by atoms with Crippen molar-refractivity contribution < 1.29 is 19.0 Å². The number of benzene rings is 1. The van der Waals surface area contributed by atoms with Gasteiger partial charge in [0.05, 0.1) is 24.4 Å². The fourth-order valence-electron chi connectivity index (χ4n) is 4.60. The minimum Gasteiger partial charge on any atom is -0.480 e. The van der Waals surface area contributed by atoms with E-state index in [9.17, 15) is 9.18 Å². The van der Waals surface area contributed by atoms with Gasteiger partial charge >= 0.3 is 5.97 Å². The summed E-state index contributed by atoms with van der Waals surface area (Å²) in [7, 11) is 0. The van der Waals surface area contributed by atoms with Crippen molar-refractivity contribution in [3.05, 3.63) is 52.8 Å². The van der Waals surface area contributed by atoms with E-state index >= 15 is 0 Å². The summed E-state index contributed by atoms with van der Waals surface area (Å²) >= 11 is 6.13. The predicted octanol–water partition coefficient (Wildman–Crippen LogP) is 3.92. The van der Waals surface area contributed by atoms with Gasteiger partial charge in [0, 0.05) is 35.0 Å². The summed E-state index contributed by atoms with van der Waals surface area (Å²) in [4.78, 5) is 10.7. The molecule has 150 valence electrons. The van der Waals surface area contributed by atoms with Gasteiger partial charge in [0.1, 0.15) is 5.82 Å². The van der Waals surface area contributed by atoms with Gasteiger partial charge in [-0.3, -0.25) is 4.79 Å². The van der Waals surface area contributed by atoms with Crippen molar-refractivity contribution in [2.75, 3.05) is 18.4 Å². The van der Waals surface area contributed by atoms with Crippen molar-refractivity contribution in [1.82, 2.24) is 5.32 Å². The molecule has 2 heterocycles. The van der Waals surface area contributed by atoms with E-state index in [2.05, 4.69) is 22.8 Å². The molecule has 5 nitrogen and oxygen atoms in total. The Morgan fingerprint density at radius 2 is 2.21 bits per heavy atom. The van der Waals surface area contributed by atoms with E-state index in [1.54, 1.807) is 6.07 Å². The number of halogens is 2. The molecule has 0 amide bonds. The lowest BCUT2D eigenvalue weighted by Crippen LogP contribution is -2.48. The van der Waals surface area contributed by atoms with Crippen LogP contribution in [0, 0.1) is 17.7 Å². The number of carbonyl (C=O) groups is 1. The van der Waals surface area contributed by atoms with Crippen LogP contribution >= 0.6 is 11.6 Å². The number of hydrogen-bond acceptors (Lipinski definition) is 4. The predicted molar refractivity (Wildman–Crippen MR) is 106 cm³/mol. The molecule has 1 aromatic rings. The summed E-state index contributed by atoms with van der Waals surface area (Å²) < 4.78 is 21.1. The second-order valence-corrected chi connectivity index (χ2v) is 8.12. The first-order valence-corrected chi connectivity index (χ1v) is 10.1. The molecule has 0 spiro atoms. The van der Waals surface area contributed by atoms with E-state index < -0.39 is 5.97 Å². The molecule has 3 N–H and O–H groups in total. The lowest BCUT2D eigenvalue weighted by molar-refractivity contribution is -0.136. The topological polar surface area (TPSA) is 70.6 Å². The molecule has 3 aliphatic rings. The number of hydrogen-bond donors (Lipinski definition) is 3. The van der Waals surface area contributed by atoms with Crippen molar-refractivity contribution in [3.8, 4) is 0 Å². The Bertz CT molecular complexity index is 813. The van der Waals surface area contributed by atoms with Crippen LogP contribution in [0.2, 0.25) is 5.02 Å². The lowest BCUT2D eigenvalue weighted by Gasteiger charge is -2.47. The van der Waals surface area contributed by atoms with Gasteiger partial charge in [0.25, 0.3) is 0 Å². The standard InChI is InChI=1S/C21H24ClFN2O3/c22-13-8-16-20(17(23)9-13)25-19(12-4-2-1-3-5-12)15-7-6-14(28-21(15)16)10-24-11-18(26)27/h1-4,8-9,12,14-15,19,21,24-25H,5-7,10-11H2,(H,26,27)/t12?,14-,15+,19+,21+/m1/s1. The number of ether oxygens (including phenoxy) is 1. The first-order valence-electron chi connectivity index (χ1n) is 9.69. The van der Waals surface area contributed by atoms with Gasteiger partial charge in [-0.15, -0.1) is 0 Å². The molecule has 5 atom stereocenters. The molecule has 0 bridgehead atoms. The Kier molecular flexibility index (Phi) is 5.71. The third-order valence-electron chi connectivity index (χ3n) is 5.84. The Balaban J connectivity index is 1.60. The normalized spacial score (nSPS) is 31.0. The maximum absolute atomic E-state index is 14.7. The molecule has 1 fully saturated rings. The Morgan fingerprint density at radius 3 is 2.96 bits per heavy atom. The summed E-state index contributed by atoms with van der Waals surface area (Å²) in [6, 6.07) is 3.18. The van der Waals surface area contributed by atoms with Crippen molar-refractivity contribution in [2.45, 2.75) is 37.5 Å². The molecule has 0 aromatic heterocycles. The zero-order valence-corrected chi connectivity index (χ0v) is 16.2. The van der Waals surface area contributed by atoms with E-state index in [1.165, 1.54) is 6.07 Å². The SMILES string of the molecule is O=C(O)CNC[C@H]1CC[C@@H]2[C@H](O1)c1cc(Cl)cc(F)c1N[C@H]2C1C=CC=CC1. The van der Waals surface area contributed by atoms with Crippen molar-refractivity contribution >= 4 is 23.3 Å². The van der Waals surface area contributed by atoms with Crippen LogP contribution in [0.25, 0.3) is 0 Å². The van der Waals surface area contributed by atoms with E-state index in [4.69, 9.17) is 21.4 Å². The van der Waals surface area contributed by atoms with E-state index in [-0.39, 0.29) is 42.4 Å². The van der Waals surface area contributed by atoms with Crippen LogP contribution in [-0.2, 0) is 9.53 Å². The summed E-state index contributed by atoms with van der Waals surface area (Å²) in [5.41, 5.74) is 1.22. The third-order valence-corrected chi connectivity index (χ3v) is 6.06. The average Bonchev–Trinajstić information content (AvgIpc) is 2.68. The lowest BCUT2D eigenvalue weighted by atomic mass is 9.73. The van der Waals surface area contributed by atoms with Gasteiger partial charge in [-0.05, 0) is 31.4 Å². The van der Waals surface area contributed by atoms with Gasteiger partial charge in [0.15, 0.2) is 0 Å². The first kappa shape index (κ1) is 19.4. The second kappa shape index (κ2) is 8.23. The van der Waals surface area contributed by atoms with Gasteiger partial charge in [-0.1, -0.05) is 35.9 Å². The third kappa shape index (κ3) is 3.95. The van der Waals surface area contributed by atoms with Gasteiger partial charge in [0.2, 0.25) is 0 Å². The van der Waals surface area contributed by atoms with Crippen LogP contribution in [0.1, 0.15) is 30.9 Å². The zero-order valence-electron chi connectivity index (χ0n) is 15.4. The Hall–Kier alpha value is -1.89. The molecule has 2 aliphatic heterocycles. The smallest absolute Gasteiger partial charge is 0.317 e. The van der Waals surface area contributed by atoms with Crippen LogP contribution in [0.5, 0.6) is 0 Å². The van der Waals surface area contributed by atoms with E-state index in [0.29, 0.717) is 17.3 Å².